The van der Waals surface area contributed by atoms with Gasteiger partial charge in [0.2, 0.25) is 0 Å². The molecule has 116 valence electrons. The summed E-state index contributed by atoms with van der Waals surface area (Å²) in [5.41, 5.74) is 0. The summed E-state index contributed by atoms with van der Waals surface area (Å²) >= 11 is 1.62. The monoisotopic (exact) mass is 316 g/mol. The second-order valence-electron chi connectivity index (χ2n) is 6.02. The zero-order valence-corrected chi connectivity index (χ0v) is 13.5. The third kappa shape index (κ3) is 2.69. The van der Waals surface area contributed by atoms with Crippen LogP contribution in [-0.4, -0.2) is 44.3 Å². The molecule has 1 saturated heterocycles. The van der Waals surface area contributed by atoms with E-state index in [1.54, 1.807) is 11.8 Å². The Morgan fingerprint density at radius 1 is 1.05 bits per heavy atom. The van der Waals surface area contributed by atoms with E-state index in [1.165, 1.54) is 18.7 Å². The molecule has 0 N–H and O–H groups in total. The summed E-state index contributed by atoms with van der Waals surface area (Å²) in [7, 11) is 0. The Labute approximate surface area is 134 Å². The Bertz CT molecular complexity index is 628. The smallest absolute Gasteiger partial charge is 0.151 e. The molecule has 0 spiro atoms. The van der Waals surface area contributed by atoms with Gasteiger partial charge in [0.05, 0.1) is 0 Å². The second kappa shape index (κ2) is 5.87. The number of thioether (sulfide) groups is 1. The van der Waals surface area contributed by atoms with Gasteiger partial charge in [-0.25, -0.2) is 0 Å². The maximum Gasteiger partial charge on any atom is 0.151 e. The van der Waals surface area contributed by atoms with Crippen molar-refractivity contribution in [3.63, 3.8) is 0 Å². The number of hydrogen-bond donors (Lipinski definition) is 0. The van der Waals surface area contributed by atoms with E-state index in [9.17, 15) is 0 Å². The average molecular weight is 316 g/mol. The first kappa shape index (κ1) is 14.0. The Kier molecular flexibility index (Phi) is 3.73. The first-order chi connectivity index (χ1) is 10.8. The highest BCUT2D eigenvalue weighted by atomic mass is 32.2. The molecule has 0 unspecified atom stereocenters. The van der Waals surface area contributed by atoms with Gasteiger partial charge >= 0.3 is 0 Å². The maximum atomic E-state index is 4.39. The molecule has 4 rings (SSSR count). The van der Waals surface area contributed by atoms with Crippen LogP contribution in [0.4, 0.5) is 5.82 Å². The topological polar surface area (TPSA) is 59.7 Å². The lowest BCUT2D eigenvalue weighted by atomic mass is 9.96. The van der Waals surface area contributed by atoms with Crippen LogP contribution < -0.4 is 4.90 Å². The molecule has 22 heavy (non-hydrogen) atoms. The van der Waals surface area contributed by atoms with Gasteiger partial charge < -0.3 is 9.47 Å². The van der Waals surface area contributed by atoms with E-state index in [2.05, 4.69) is 35.9 Å². The molecule has 0 atom stereocenters. The molecule has 1 aliphatic carbocycles. The molecule has 3 heterocycles. The van der Waals surface area contributed by atoms with Crippen molar-refractivity contribution in [2.45, 2.75) is 42.7 Å². The van der Waals surface area contributed by atoms with Gasteiger partial charge in [-0.2, -0.15) is 0 Å². The molecule has 0 aromatic carbocycles. The number of rotatable bonds is 4. The van der Waals surface area contributed by atoms with Gasteiger partial charge in [-0.3, -0.25) is 0 Å². The Balaban J connectivity index is 1.42. The summed E-state index contributed by atoms with van der Waals surface area (Å²) < 4.78 is 2.30. The number of nitrogens with zero attached hydrogens (tertiary/aromatic N) is 6. The lowest BCUT2D eigenvalue weighted by Crippen LogP contribution is -2.34. The fourth-order valence-electron chi connectivity index (χ4n) is 3.14. The van der Waals surface area contributed by atoms with Crippen molar-refractivity contribution in [3.05, 3.63) is 24.3 Å². The molecular formula is C15H20N6S. The Hall–Kier alpha value is -1.63. The number of hydrogen-bond acceptors (Lipinski definition) is 6. The zero-order valence-electron chi connectivity index (χ0n) is 12.7. The number of anilines is 1. The highest BCUT2D eigenvalue weighted by Gasteiger charge is 2.31. The minimum atomic E-state index is 0.526. The van der Waals surface area contributed by atoms with Crippen molar-refractivity contribution < 1.29 is 0 Å². The van der Waals surface area contributed by atoms with Crippen LogP contribution in [-0.2, 0) is 0 Å². The molecule has 2 aromatic heterocycles. The van der Waals surface area contributed by atoms with Crippen molar-refractivity contribution >= 4 is 17.6 Å². The van der Waals surface area contributed by atoms with Crippen LogP contribution >= 0.6 is 11.8 Å². The van der Waals surface area contributed by atoms with E-state index in [0.717, 1.165) is 36.8 Å². The third-order valence-electron chi connectivity index (χ3n) is 4.56. The minimum absolute atomic E-state index is 0.526. The lowest BCUT2D eigenvalue weighted by molar-refractivity contribution is 0.462. The van der Waals surface area contributed by atoms with E-state index in [1.807, 2.05) is 18.6 Å². The number of piperidine rings is 1. The molecule has 1 aliphatic heterocycles. The summed E-state index contributed by atoms with van der Waals surface area (Å²) in [6.07, 6.45) is 8.70. The van der Waals surface area contributed by atoms with E-state index >= 15 is 0 Å². The van der Waals surface area contributed by atoms with Crippen molar-refractivity contribution in [2.75, 3.05) is 24.2 Å². The van der Waals surface area contributed by atoms with Crippen LogP contribution in [0.3, 0.4) is 0 Å². The lowest BCUT2D eigenvalue weighted by Gasteiger charge is -2.32. The van der Waals surface area contributed by atoms with Gasteiger partial charge in [0.15, 0.2) is 5.82 Å². The summed E-state index contributed by atoms with van der Waals surface area (Å²) in [5, 5.41) is 18.1. The fraction of sp³-hybridized carbons (Fsp3) is 0.600. The van der Waals surface area contributed by atoms with Crippen LogP contribution in [0, 0.1) is 0 Å². The van der Waals surface area contributed by atoms with Gasteiger partial charge in [-0.05, 0) is 44.1 Å². The van der Waals surface area contributed by atoms with Crippen molar-refractivity contribution in [1.82, 2.24) is 25.0 Å². The highest BCUT2D eigenvalue weighted by Crippen LogP contribution is 2.38. The number of aromatic nitrogens is 5. The van der Waals surface area contributed by atoms with Gasteiger partial charge in [0.25, 0.3) is 0 Å². The first-order valence-corrected chi connectivity index (χ1v) is 9.09. The molecule has 7 heteroatoms. The van der Waals surface area contributed by atoms with Crippen LogP contribution in [0.1, 0.15) is 43.5 Å². The van der Waals surface area contributed by atoms with Gasteiger partial charge in [0.1, 0.15) is 17.2 Å². The zero-order chi connectivity index (χ0) is 14.9. The van der Waals surface area contributed by atoms with E-state index < -0.39 is 0 Å². The van der Waals surface area contributed by atoms with E-state index in [4.69, 9.17) is 0 Å². The summed E-state index contributed by atoms with van der Waals surface area (Å²) in [6, 6.07) is 4.78. The summed E-state index contributed by atoms with van der Waals surface area (Å²) in [5.74, 6) is 2.70. The Morgan fingerprint density at radius 2 is 1.86 bits per heavy atom. The molecule has 2 fully saturated rings. The second-order valence-corrected chi connectivity index (χ2v) is 6.85. The van der Waals surface area contributed by atoms with Crippen molar-refractivity contribution in [3.8, 4) is 0 Å². The summed E-state index contributed by atoms with van der Waals surface area (Å²) in [6.45, 7) is 2.02. The van der Waals surface area contributed by atoms with Crippen LogP contribution in [0.5, 0.6) is 0 Å². The van der Waals surface area contributed by atoms with Gasteiger partial charge in [0, 0.05) is 25.0 Å². The van der Waals surface area contributed by atoms with Crippen LogP contribution in [0.25, 0.3) is 0 Å². The van der Waals surface area contributed by atoms with Gasteiger partial charge in [-0.15, -0.1) is 32.2 Å². The normalized spacial score (nSPS) is 19.6. The van der Waals surface area contributed by atoms with Crippen LogP contribution in [0.15, 0.2) is 23.5 Å². The SMILES string of the molecule is CSc1ccc(N2CCC(c3nncn3C3CC3)CC2)nn1. The largest absolute Gasteiger partial charge is 0.355 e. The molecule has 2 aromatic rings. The van der Waals surface area contributed by atoms with Crippen molar-refractivity contribution in [2.24, 2.45) is 0 Å². The molecule has 0 bridgehead atoms. The maximum absolute atomic E-state index is 4.39. The standard InChI is InChI=1S/C15H20N6S/c1-22-14-5-4-13(17-18-14)20-8-6-11(7-9-20)15-19-16-10-21(15)12-2-3-12/h4-5,10-12H,2-3,6-9H2,1H3. The Morgan fingerprint density at radius 3 is 2.50 bits per heavy atom. The van der Waals surface area contributed by atoms with Gasteiger partial charge in [-0.1, -0.05) is 0 Å². The van der Waals surface area contributed by atoms with E-state index in [-0.39, 0.29) is 0 Å². The molecule has 6 nitrogen and oxygen atoms in total. The predicted molar refractivity (Wildman–Crippen MR) is 86.3 cm³/mol. The molecule has 0 amide bonds. The van der Waals surface area contributed by atoms with Crippen LogP contribution in [0.2, 0.25) is 0 Å². The average Bonchev–Trinajstić information content (AvgIpc) is 3.32. The highest BCUT2D eigenvalue weighted by molar-refractivity contribution is 7.98. The third-order valence-corrected chi connectivity index (χ3v) is 5.20. The predicted octanol–water partition coefficient (Wildman–Crippen LogP) is 2.51. The quantitative estimate of drug-likeness (QED) is 0.808. The minimum Gasteiger partial charge on any atom is -0.355 e. The van der Waals surface area contributed by atoms with Crippen molar-refractivity contribution in [1.29, 1.82) is 0 Å². The summed E-state index contributed by atoms with van der Waals surface area (Å²) in [4.78, 5) is 2.32. The molecule has 2 aliphatic rings. The molecule has 1 saturated carbocycles. The molecule has 0 radical (unpaired) electrons. The molecular weight excluding hydrogens is 296 g/mol. The fourth-order valence-corrected chi connectivity index (χ4v) is 3.46. The van der Waals surface area contributed by atoms with E-state index in [0.29, 0.717) is 12.0 Å². The first-order valence-electron chi connectivity index (χ1n) is 7.87.